The maximum Gasteiger partial charge on any atom is 0.333 e. The molecule has 0 amide bonds. The Morgan fingerprint density at radius 1 is 1.31 bits per heavy atom. The number of hydrogen-bond acceptors (Lipinski definition) is 5. The van der Waals surface area contributed by atoms with E-state index in [2.05, 4.69) is 20.8 Å². The van der Waals surface area contributed by atoms with E-state index >= 15 is 0 Å². The van der Waals surface area contributed by atoms with Gasteiger partial charge in [-0.05, 0) is 58.3 Å². The van der Waals surface area contributed by atoms with Crippen LogP contribution in [0.25, 0.3) is 0 Å². The molecule has 0 spiro atoms. The predicted molar refractivity (Wildman–Crippen MR) is 101 cm³/mol. The van der Waals surface area contributed by atoms with Crippen LogP contribution in [-0.2, 0) is 14.3 Å². The lowest BCUT2D eigenvalue weighted by Gasteiger charge is -2.28. The minimum Gasteiger partial charge on any atom is -0.466 e. The minimum absolute atomic E-state index is 0.153. The van der Waals surface area contributed by atoms with Crippen molar-refractivity contribution >= 4 is 5.97 Å². The SMILES string of the molecule is COC(=O)/C1=C\CC[C@@](C)(O)[C@@H](O)/C=C(/C(C)C)CC[C@]2(C)O[C@H]2CC1. The lowest BCUT2D eigenvalue weighted by Crippen LogP contribution is -2.38. The summed E-state index contributed by atoms with van der Waals surface area (Å²) in [6.45, 7) is 7.96. The number of epoxide rings is 1. The Morgan fingerprint density at radius 3 is 2.62 bits per heavy atom. The van der Waals surface area contributed by atoms with Gasteiger partial charge in [0, 0.05) is 5.57 Å². The van der Waals surface area contributed by atoms with E-state index in [1.54, 1.807) is 6.92 Å². The number of ether oxygens (including phenoxy) is 2. The normalized spacial score (nSPS) is 40.5. The van der Waals surface area contributed by atoms with Crippen molar-refractivity contribution in [1.82, 2.24) is 0 Å². The summed E-state index contributed by atoms with van der Waals surface area (Å²) in [6, 6.07) is 0. The average molecular weight is 366 g/mol. The first-order valence-electron chi connectivity index (χ1n) is 9.65. The third-order valence-corrected chi connectivity index (χ3v) is 5.86. The summed E-state index contributed by atoms with van der Waals surface area (Å²) >= 11 is 0. The fraction of sp³-hybridized carbons (Fsp3) is 0.762. The number of methoxy groups -OCH3 is 1. The number of hydrogen-bond donors (Lipinski definition) is 2. The first-order chi connectivity index (χ1) is 12.1. The van der Waals surface area contributed by atoms with Gasteiger partial charge in [0.05, 0.1) is 24.4 Å². The van der Waals surface area contributed by atoms with Crippen LogP contribution in [0.1, 0.15) is 66.2 Å². The molecule has 4 atom stereocenters. The first-order valence-corrected chi connectivity index (χ1v) is 9.65. The van der Waals surface area contributed by atoms with Crippen LogP contribution >= 0.6 is 0 Å². The van der Waals surface area contributed by atoms with Gasteiger partial charge in [0.1, 0.15) is 6.10 Å². The summed E-state index contributed by atoms with van der Waals surface area (Å²) in [7, 11) is 1.38. The summed E-state index contributed by atoms with van der Waals surface area (Å²) < 4.78 is 10.8. The predicted octanol–water partition coefficient (Wildman–Crippen LogP) is 3.29. The summed E-state index contributed by atoms with van der Waals surface area (Å²) in [5.74, 6) is -0.0263. The number of esters is 1. The number of carbonyl (C=O) groups excluding carboxylic acids is 1. The van der Waals surface area contributed by atoms with E-state index in [0.29, 0.717) is 30.8 Å². The molecule has 148 valence electrons. The lowest BCUT2D eigenvalue weighted by atomic mass is 9.86. The second kappa shape index (κ2) is 8.24. The van der Waals surface area contributed by atoms with E-state index in [-0.39, 0.29) is 17.7 Å². The second-order valence-electron chi connectivity index (χ2n) is 8.42. The number of carbonyl (C=O) groups is 1. The molecule has 2 aliphatic rings. The van der Waals surface area contributed by atoms with Gasteiger partial charge in [0.25, 0.3) is 0 Å². The largest absolute Gasteiger partial charge is 0.466 e. The smallest absolute Gasteiger partial charge is 0.333 e. The molecule has 5 nitrogen and oxygen atoms in total. The van der Waals surface area contributed by atoms with Crippen LogP contribution in [0, 0.1) is 5.92 Å². The van der Waals surface area contributed by atoms with Crippen molar-refractivity contribution in [2.45, 2.75) is 89.6 Å². The Bertz CT molecular complexity index is 575. The lowest BCUT2D eigenvalue weighted by molar-refractivity contribution is -0.136. The van der Waals surface area contributed by atoms with Gasteiger partial charge in [-0.15, -0.1) is 0 Å². The number of aliphatic hydroxyl groups excluding tert-OH is 1. The van der Waals surface area contributed by atoms with Crippen molar-refractivity contribution in [3.05, 3.63) is 23.3 Å². The van der Waals surface area contributed by atoms with Crippen LogP contribution in [0.3, 0.4) is 0 Å². The summed E-state index contributed by atoms with van der Waals surface area (Å²) in [4.78, 5) is 12.0. The number of aliphatic hydroxyl groups is 2. The second-order valence-corrected chi connectivity index (χ2v) is 8.42. The van der Waals surface area contributed by atoms with Gasteiger partial charge in [-0.25, -0.2) is 4.79 Å². The molecule has 0 aromatic carbocycles. The Balaban J connectivity index is 2.25. The molecular formula is C21H34O5. The molecular weight excluding hydrogens is 332 g/mol. The van der Waals surface area contributed by atoms with Crippen molar-refractivity contribution in [2.24, 2.45) is 5.92 Å². The molecule has 0 unspecified atom stereocenters. The molecule has 0 aromatic rings. The number of rotatable bonds is 2. The molecule has 0 bridgehead atoms. The van der Waals surface area contributed by atoms with Crippen molar-refractivity contribution in [2.75, 3.05) is 7.11 Å². The highest BCUT2D eigenvalue weighted by Crippen LogP contribution is 2.44. The summed E-state index contributed by atoms with van der Waals surface area (Å²) in [5, 5.41) is 21.2. The summed E-state index contributed by atoms with van der Waals surface area (Å²) in [5.41, 5.74) is 0.347. The van der Waals surface area contributed by atoms with Gasteiger partial charge in [-0.2, -0.15) is 0 Å². The van der Waals surface area contributed by atoms with Crippen LogP contribution < -0.4 is 0 Å². The van der Waals surface area contributed by atoms with Crippen LogP contribution in [0.4, 0.5) is 0 Å². The maximum atomic E-state index is 12.0. The zero-order valence-corrected chi connectivity index (χ0v) is 16.7. The van der Waals surface area contributed by atoms with Crippen LogP contribution in [0.15, 0.2) is 23.3 Å². The van der Waals surface area contributed by atoms with E-state index in [0.717, 1.165) is 24.8 Å². The Hall–Kier alpha value is -1.17. The monoisotopic (exact) mass is 366 g/mol. The quantitative estimate of drug-likeness (QED) is 0.445. The molecule has 1 saturated heterocycles. The van der Waals surface area contributed by atoms with Crippen LogP contribution in [0.5, 0.6) is 0 Å². The molecule has 2 N–H and O–H groups in total. The average Bonchev–Trinajstić information content (AvgIpc) is 3.22. The fourth-order valence-corrected chi connectivity index (χ4v) is 3.61. The molecule has 1 heterocycles. The van der Waals surface area contributed by atoms with E-state index in [4.69, 9.17) is 9.47 Å². The van der Waals surface area contributed by atoms with Gasteiger partial charge in [0.2, 0.25) is 0 Å². The van der Waals surface area contributed by atoms with E-state index in [1.807, 2.05) is 12.2 Å². The fourth-order valence-electron chi connectivity index (χ4n) is 3.61. The van der Waals surface area contributed by atoms with E-state index < -0.39 is 11.7 Å². The van der Waals surface area contributed by atoms with Gasteiger partial charge in [0.15, 0.2) is 0 Å². The molecule has 26 heavy (non-hydrogen) atoms. The first kappa shape index (κ1) is 21.1. The molecule has 1 fully saturated rings. The standard InChI is InChI=1S/C21H34O5/c1-14(2)16-10-12-21(4)18(26-21)9-8-15(19(23)25-5)7-6-11-20(3,24)17(22)13-16/h7,13-14,17-18,22,24H,6,8-12H2,1-5H3/b15-7-,16-13+/t17-,18-,20+,21-/m0/s1. The highest BCUT2D eigenvalue weighted by molar-refractivity contribution is 5.88. The topological polar surface area (TPSA) is 79.3 Å². The van der Waals surface area contributed by atoms with Gasteiger partial charge < -0.3 is 19.7 Å². The van der Waals surface area contributed by atoms with Crippen LogP contribution in [0.2, 0.25) is 0 Å². The highest BCUT2D eigenvalue weighted by atomic mass is 16.6. The molecule has 1 aliphatic carbocycles. The summed E-state index contributed by atoms with van der Waals surface area (Å²) in [6.07, 6.45) is 6.80. The molecule has 0 aromatic heterocycles. The molecule has 0 radical (unpaired) electrons. The number of fused-ring (bicyclic) bond motifs is 1. The maximum absolute atomic E-state index is 12.0. The molecule has 5 heteroatoms. The van der Waals surface area contributed by atoms with Gasteiger partial charge >= 0.3 is 5.97 Å². The third-order valence-electron chi connectivity index (χ3n) is 5.86. The number of allylic oxidation sites excluding steroid dienone is 2. The van der Waals surface area contributed by atoms with Gasteiger partial charge in [-0.1, -0.05) is 31.6 Å². The zero-order valence-electron chi connectivity index (χ0n) is 16.7. The van der Waals surface area contributed by atoms with Crippen molar-refractivity contribution in [3.8, 4) is 0 Å². The minimum atomic E-state index is -1.25. The Kier molecular flexibility index (Phi) is 6.70. The van der Waals surface area contributed by atoms with Crippen LogP contribution in [-0.4, -0.2) is 46.7 Å². The molecule has 0 saturated carbocycles. The third kappa shape index (κ3) is 5.18. The van der Waals surface area contributed by atoms with Crippen molar-refractivity contribution in [1.29, 1.82) is 0 Å². The van der Waals surface area contributed by atoms with Crippen molar-refractivity contribution < 1.29 is 24.5 Å². The van der Waals surface area contributed by atoms with Crippen molar-refractivity contribution in [3.63, 3.8) is 0 Å². The van der Waals surface area contributed by atoms with E-state index in [1.165, 1.54) is 7.11 Å². The highest BCUT2D eigenvalue weighted by Gasteiger charge is 2.51. The Labute approximate surface area is 157 Å². The molecule has 1 aliphatic heterocycles. The zero-order chi connectivity index (χ0) is 19.5. The van der Waals surface area contributed by atoms with Gasteiger partial charge in [-0.3, -0.25) is 0 Å². The molecule has 2 rings (SSSR count). The van der Waals surface area contributed by atoms with E-state index in [9.17, 15) is 15.0 Å². The Morgan fingerprint density at radius 2 is 2.00 bits per heavy atom.